The van der Waals surface area contributed by atoms with E-state index in [2.05, 4.69) is 20.5 Å². The molecular formula is C10H11N5O. The molecule has 0 spiro atoms. The van der Waals surface area contributed by atoms with Crippen LogP contribution >= 0.6 is 0 Å². The van der Waals surface area contributed by atoms with Gasteiger partial charge in [-0.15, -0.1) is 0 Å². The average molecular weight is 217 g/mol. The van der Waals surface area contributed by atoms with E-state index in [1.54, 1.807) is 18.5 Å². The van der Waals surface area contributed by atoms with Crippen LogP contribution in [-0.2, 0) is 6.54 Å². The van der Waals surface area contributed by atoms with E-state index in [0.29, 0.717) is 17.9 Å². The van der Waals surface area contributed by atoms with Crippen LogP contribution in [0.25, 0.3) is 0 Å². The van der Waals surface area contributed by atoms with Gasteiger partial charge in [0.05, 0.1) is 6.20 Å². The van der Waals surface area contributed by atoms with E-state index in [-0.39, 0.29) is 5.91 Å². The van der Waals surface area contributed by atoms with Crippen LogP contribution in [0.1, 0.15) is 15.9 Å². The van der Waals surface area contributed by atoms with Crippen LogP contribution in [0.15, 0.2) is 30.7 Å². The number of amides is 1. The molecule has 4 N–H and O–H groups in total. The fourth-order valence-corrected chi connectivity index (χ4v) is 1.25. The number of anilines is 1. The number of hydrogen-bond acceptors (Lipinski definition) is 4. The molecule has 0 bridgehead atoms. The van der Waals surface area contributed by atoms with Crippen LogP contribution < -0.4 is 11.1 Å². The summed E-state index contributed by atoms with van der Waals surface area (Å²) >= 11 is 0. The highest BCUT2D eigenvalue weighted by atomic mass is 16.1. The lowest BCUT2D eigenvalue weighted by Gasteiger charge is -2.03. The number of aromatic amines is 1. The van der Waals surface area contributed by atoms with Crippen molar-refractivity contribution in [1.29, 1.82) is 0 Å². The van der Waals surface area contributed by atoms with Crippen molar-refractivity contribution in [3.63, 3.8) is 0 Å². The van der Waals surface area contributed by atoms with Crippen LogP contribution in [0, 0.1) is 0 Å². The topological polar surface area (TPSA) is 96.7 Å². The highest BCUT2D eigenvalue weighted by molar-refractivity contribution is 5.94. The summed E-state index contributed by atoms with van der Waals surface area (Å²) in [4.78, 5) is 15.5. The minimum atomic E-state index is -0.185. The summed E-state index contributed by atoms with van der Waals surface area (Å²) < 4.78 is 0. The SMILES string of the molecule is Nc1cc(C(=O)NCc2cn[nH]c2)ccn1. The largest absolute Gasteiger partial charge is 0.384 e. The molecule has 0 saturated heterocycles. The minimum Gasteiger partial charge on any atom is -0.384 e. The molecule has 6 heteroatoms. The zero-order valence-electron chi connectivity index (χ0n) is 8.47. The lowest BCUT2D eigenvalue weighted by molar-refractivity contribution is 0.0951. The Hall–Kier alpha value is -2.37. The summed E-state index contributed by atoms with van der Waals surface area (Å²) in [7, 11) is 0. The lowest BCUT2D eigenvalue weighted by Crippen LogP contribution is -2.22. The summed E-state index contributed by atoms with van der Waals surface area (Å²) in [5, 5.41) is 9.20. The van der Waals surface area contributed by atoms with E-state index in [9.17, 15) is 4.79 Å². The van der Waals surface area contributed by atoms with Gasteiger partial charge in [0.25, 0.3) is 5.91 Å². The van der Waals surface area contributed by atoms with Gasteiger partial charge < -0.3 is 11.1 Å². The van der Waals surface area contributed by atoms with E-state index >= 15 is 0 Å². The third-order valence-electron chi connectivity index (χ3n) is 2.05. The zero-order valence-corrected chi connectivity index (χ0v) is 8.47. The van der Waals surface area contributed by atoms with Crippen LogP contribution in [-0.4, -0.2) is 21.1 Å². The summed E-state index contributed by atoms with van der Waals surface area (Å²) in [6.07, 6.45) is 4.88. The van der Waals surface area contributed by atoms with Gasteiger partial charge in [0.1, 0.15) is 5.82 Å². The first-order valence-corrected chi connectivity index (χ1v) is 4.73. The summed E-state index contributed by atoms with van der Waals surface area (Å²) in [5.41, 5.74) is 6.89. The van der Waals surface area contributed by atoms with E-state index in [0.717, 1.165) is 5.56 Å². The lowest BCUT2D eigenvalue weighted by atomic mass is 10.2. The number of nitrogen functional groups attached to an aromatic ring is 1. The smallest absolute Gasteiger partial charge is 0.251 e. The van der Waals surface area contributed by atoms with Crippen molar-refractivity contribution in [2.24, 2.45) is 0 Å². The van der Waals surface area contributed by atoms with Crippen molar-refractivity contribution >= 4 is 11.7 Å². The number of pyridine rings is 1. The van der Waals surface area contributed by atoms with E-state index in [4.69, 9.17) is 5.73 Å². The second-order valence-corrected chi connectivity index (χ2v) is 3.26. The van der Waals surface area contributed by atoms with Crippen molar-refractivity contribution in [3.05, 3.63) is 41.9 Å². The number of H-pyrrole nitrogens is 1. The van der Waals surface area contributed by atoms with Gasteiger partial charge in [-0.25, -0.2) is 4.98 Å². The van der Waals surface area contributed by atoms with Crippen molar-refractivity contribution in [2.75, 3.05) is 5.73 Å². The Morgan fingerprint density at radius 3 is 3.12 bits per heavy atom. The van der Waals surface area contributed by atoms with Crippen molar-refractivity contribution in [2.45, 2.75) is 6.54 Å². The molecule has 0 aromatic carbocycles. The Balaban J connectivity index is 1.98. The van der Waals surface area contributed by atoms with Crippen molar-refractivity contribution in [3.8, 4) is 0 Å². The third kappa shape index (κ3) is 2.35. The molecule has 0 radical (unpaired) electrons. The molecule has 6 nitrogen and oxygen atoms in total. The maximum Gasteiger partial charge on any atom is 0.251 e. The maximum atomic E-state index is 11.7. The molecule has 0 saturated carbocycles. The number of rotatable bonds is 3. The fourth-order valence-electron chi connectivity index (χ4n) is 1.25. The monoisotopic (exact) mass is 217 g/mol. The Morgan fingerprint density at radius 2 is 2.44 bits per heavy atom. The number of nitrogens with zero attached hydrogens (tertiary/aromatic N) is 2. The Bertz CT molecular complexity index is 480. The second kappa shape index (κ2) is 4.43. The van der Waals surface area contributed by atoms with Crippen molar-refractivity contribution in [1.82, 2.24) is 20.5 Å². The molecule has 0 unspecified atom stereocenters. The molecule has 2 heterocycles. The molecule has 1 amide bonds. The first-order chi connectivity index (χ1) is 7.75. The molecule has 0 aliphatic rings. The maximum absolute atomic E-state index is 11.7. The zero-order chi connectivity index (χ0) is 11.4. The molecule has 2 rings (SSSR count). The molecule has 2 aromatic rings. The van der Waals surface area contributed by atoms with Gasteiger partial charge >= 0.3 is 0 Å². The molecule has 16 heavy (non-hydrogen) atoms. The number of hydrogen-bond donors (Lipinski definition) is 3. The van der Waals surface area contributed by atoms with E-state index < -0.39 is 0 Å². The third-order valence-corrected chi connectivity index (χ3v) is 2.05. The number of nitrogens with one attached hydrogen (secondary N) is 2. The molecule has 0 atom stereocenters. The van der Waals surface area contributed by atoms with Crippen LogP contribution in [0.4, 0.5) is 5.82 Å². The molecule has 82 valence electrons. The average Bonchev–Trinajstić information content (AvgIpc) is 2.78. The van der Waals surface area contributed by atoms with Gasteiger partial charge in [-0.05, 0) is 12.1 Å². The number of carbonyl (C=O) groups is 1. The van der Waals surface area contributed by atoms with Crippen LogP contribution in [0.5, 0.6) is 0 Å². The number of nitrogens with two attached hydrogens (primary N) is 1. The normalized spacial score (nSPS) is 10.0. The fraction of sp³-hybridized carbons (Fsp3) is 0.100. The van der Waals surface area contributed by atoms with Gasteiger partial charge in [-0.2, -0.15) is 5.10 Å². The summed E-state index contributed by atoms with van der Waals surface area (Å²) in [6, 6.07) is 3.14. The highest BCUT2D eigenvalue weighted by Crippen LogP contribution is 2.03. The quantitative estimate of drug-likeness (QED) is 0.689. The van der Waals surface area contributed by atoms with Gasteiger partial charge in [0, 0.05) is 30.1 Å². The second-order valence-electron chi connectivity index (χ2n) is 3.26. The van der Waals surface area contributed by atoms with Gasteiger partial charge in [0.2, 0.25) is 0 Å². The Morgan fingerprint density at radius 1 is 1.56 bits per heavy atom. The van der Waals surface area contributed by atoms with E-state index in [1.807, 2.05) is 0 Å². The first-order valence-electron chi connectivity index (χ1n) is 4.73. The standard InChI is InChI=1S/C10H11N5O/c11-9-3-8(1-2-12-9)10(16)13-4-7-5-14-15-6-7/h1-3,5-6H,4H2,(H2,11,12)(H,13,16)(H,14,15). The summed E-state index contributed by atoms with van der Waals surface area (Å²) in [6.45, 7) is 0.428. The molecular weight excluding hydrogens is 206 g/mol. The van der Waals surface area contributed by atoms with Crippen molar-refractivity contribution < 1.29 is 4.79 Å². The Kier molecular flexibility index (Phi) is 2.81. The predicted octanol–water partition coefficient (Wildman–Crippen LogP) is 0.317. The van der Waals surface area contributed by atoms with Gasteiger partial charge in [-0.3, -0.25) is 9.89 Å². The van der Waals surface area contributed by atoms with Gasteiger partial charge in [0.15, 0.2) is 0 Å². The summed E-state index contributed by atoms with van der Waals surface area (Å²) in [5.74, 6) is 0.145. The number of aromatic nitrogens is 3. The van der Waals surface area contributed by atoms with Crippen LogP contribution in [0.2, 0.25) is 0 Å². The predicted molar refractivity (Wildman–Crippen MR) is 58.4 cm³/mol. The minimum absolute atomic E-state index is 0.185. The molecule has 0 fully saturated rings. The first kappa shape index (κ1) is 10.2. The highest BCUT2D eigenvalue weighted by Gasteiger charge is 2.05. The number of carbonyl (C=O) groups excluding carboxylic acids is 1. The molecule has 2 aromatic heterocycles. The van der Waals surface area contributed by atoms with E-state index in [1.165, 1.54) is 12.3 Å². The van der Waals surface area contributed by atoms with Gasteiger partial charge in [-0.1, -0.05) is 0 Å². The van der Waals surface area contributed by atoms with Crippen LogP contribution in [0.3, 0.4) is 0 Å². The molecule has 0 aliphatic carbocycles. The molecule has 0 aliphatic heterocycles. The Labute approximate surface area is 91.9 Å².